The first-order valence-corrected chi connectivity index (χ1v) is 6.22. The van der Waals surface area contributed by atoms with E-state index in [1.807, 2.05) is 0 Å². The van der Waals surface area contributed by atoms with E-state index in [0.29, 0.717) is 0 Å². The van der Waals surface area contributed by atoms with Gasteiger partial charge in [0.15, 0.2) is 0 Å². The number of nitrogens with two attached hydrogens (primary N) is 2. The molecule has 10 heteroatoms. The molecule has 0 saturated carbocycles. The molecule has 0 aliphatic carbocycles. The maximum absolute atomic E-state index is 10.8. The number of nitro benzene ring substituents is 2. The van der Waals surface area contributed by atoms with E-state index < -0.39 is 9.85 Å². The largest absolute Gasteiger partial charge is 0.457 e. The van der Waals surface area contributed by atoms with Gasteiger partial charge >= 0.3 is 0 Å². The first-order valence-electron chi connectivity index (χ1n) is 6.22. The average Bonchev–Trinajstić information content (AvgIpc) is 2.50. The summed E-state index contributed by atoms with van der Waals surface area (Å²) in [6.07, 6.45) is 0. The second-order valence-corrected chi connectivity index (χ2v) is 4.36. The molecule has 0 spiro atoms. The smallest absolute Gasteiger partial charge is 0.295 e. The zero-order chi connectivity index (χ0) is 17.0. The van der Waals surface area contributed by atoms with Crippen molar-refractivity contribution in [1.82, 2.24) is 0 Å². The molecule has 0 aliphatic heterocycles. The van der Waals surface area contributed by atoms with Gasteiger partial charge in [0.25, 0.3) is 11.4 Å². The van der Waals surface area contributed by atoms with E-state index in [0.717, 1.165) is 12.1 Å². The summed E-state index contributed by atoms with van der Waals surface area (Å²) >= 11 is 0. The van der Waals surface area contributed by atoms with Crippen molar-refractivity contribution in [3.63, 3.8) is 0 Å². The van der Waals surface area contributed by atoms with Crippen molar-refractivity contribution in [3.8, 4) is 11.5 Å². The van der Waals surface area contributed by atoms with E-state index in [4.69, 9.17) is 20.9 Å². The van der Waals surface area contributed by atoms with E-state index in [-0.39, 0.29) is 41.0 Å². The second kappa shape index (κ2) is 6.47. The van der Waals surface area contributed by atoms with Gasteiger partial charge in [-0.25, -0.2) is 0 Å². The van der Waals surface area contributed by atoms with Crippen LogP contribution in [0.4, 0.5) is 22.7 Å². The Morgan fingerprint density at radius 3 is 1.57 bits per heavy atom. The van der Waals surface area contributed by atoms with Crippen molar-refractivity contribution in [3.05, 3.63) is 56.6 Å². The number of benzene rings is 2. The Kier molecular flexibility index (Phi) is 4.45. The lowest BCUT2D eigenvalue weighted by Gasteiger charge is -2.09. The standard InChI is InChI=1S/C13H12N4O6/c14-10-3-1-8(5-12(10)16(18)19)22-7-23-9-2-4-11(15)13(6-9)17(20)21/h1-6H,7,14-15H2. The van der Waals surface area contributed by atoms with Gasteiger partial charge in [0.2, 0.25) is 6.79 Å². The fourth-order valence-electron chi connectivity index (χ4n) is 1.71. The quantitative estimate of drug-likeness (QED) is 0.354. The Hall–Kier alpha value is -3.56. The maximum Gasteiger partial charge on any atom is 0.295 e. The lowest BCUT2D eigenvalue weighted by Crippen LogP contribution is -2.07. The van der Waals surface area contributed by atoms with E-state index in [1.54, 1.807) is 0 Å². The summed E-state index contributed by atoms with van der Waals surface area (Å²) in [5.74, 6) is 0.353. The first-order chi connectivity index (χ1) is 10.9. The molecule has 2 aromatic carbocycles. The number of anilines is 2. The molecular weight excluding hydrogens is 308 g/mol. The fraction of sp³-hybridized carbons (Fsp3) is 0.0769. The third-order valence-corrected chi connectivity index (χ3v) is 2.85. The predicted molar refractivity (Wildman–Crippen MR) is 81.1 cm³/mol. The molecule has 23 heavy (non-hydrogen) atoms. The number of nitro groups is 2. The lowest BCUT2D eigenvalue weighted by molar-refractivity contribution is -0.384. The fourth-order valence-corrected chi connectivity index (χ4v) is 1.71. The lowest BCUT2D eigenvalue weighted by atomic mass is 10.2. The van der Waals surface area contributed by atoms with Crippen molar-refractivity contribution in [1.29, 1.82) is 0 Å². The molecule has 2 rings (SSSR count). The molecule has 0 amide bonds. The Balaban J connectivity index is 2.03. The topological polar surface area (TPSA) is 157 Å². The average molecular weight is 320 g/mol. The molecule has 10 nitrogen and oxygen atoms in total. The van der Waals surface area contributed by atoms with Crippen LogP contribution in [0.1, 0.15) is 0 Å². The normalized spacial score (nSPS) is 10.1. The Morgan fingerprint density at radius 2 is 1.22 bits per heavy atom. The number of hydrogen-bond acceptors (Lipinski definition) is 8. The molecule has 0 aromatic heterocycles. The Bertz CT molecular complexity index is 701. The molecule has 0 atom stereocenters. The van der Waals surface area contributed by atoms with Gasteiger partial charge in [-0.3, -0.25) is 20.2 Å². The summed E-state index contributed by atoms with van der Waals surface area (Å²) in [6.45, 7) is -0.303. The maximum atomic E-state index is 10.8. The van der Waals surface area contributed by atoms with Gasteiger partial charge in [-0.05, 0) is 24.3 Å². The highest BCUT2D eigenvalue weighted by Gasteiger charge is 2.14. The monoisotopic (exact) mass is 320 g/mol. The van der Waals surface area contributed by atoms with Crippen LogP contribution in [0.5, 0.6) is 11.5 Å². The molecule has 0 bridgehead atoms. The van der Waals surface area contributed by atoms with Gasteiger partial charge in [-0.1, -0.05) is 0 Å². The summed E-state index contributed by atoms with van der Waals surface area (Å²) in [5.41, 5.74) is 10.4. The molecule has 0 fully saturated rings. The van der Waals surface area contributed by atoms with Crippen molar-refractivity contribution in [2.45, 2.75) is 0 Å². The van der Waals surface area contributed by atoms with E-state index in [2.05, 4.69) is 0 Å². The van der Waals surface area contributed by atoms with Gasteiger partial charge in [-0.15, -0.1) is 0 Å². The second-order valence-electron chi connectivity index (χ2n) is 4.36. The number of ether oxygens (including phenoxy) is 2. The molecular formula is C13H12N4O6. The molecule has 0 saturated heterocycles. The van der Waals surface area contributed by atoms with Crippen molar-refractivity contribution in [2.75, 3.05) is 18.3 Å². The van der Waals surface area contributed by atoms with Crippen LogP contribution < -0.4 is 20.9 Å². The van der Waals surface area contributed by atoms with Crippen LogP contribution in [0.25, 0.3) is 0 Å². The number of hydrogen-bond donors (Lipinski definition) is 2. The zero-order valence-electron chi connectivity index (χ0n) is 11.7. The SMILES string of the molecule is Nc1ccc(OCOc2ccc(N)c([N+](=O)[O-])c2)cc1[N+](=O)[O-]. The van der Waals surface area contributed by atoms with Crippen LogP contribution in [-0.4, -0.2) is 16.6 Å². The summed E-state index contributed by atoms with van der Waals surface area (Å²) in [7, 11) is 0. The highest BCUT2D eigenvalue weighted by molar-refractivity contribution is 5.61. The summed E-state index contributed by atoms with van der Waals surface area (Å²) in [4.78, 5) is 20.3. The summed E-state index contributed by atoms with van der Waals surface area (Å²) < 4.78 is 10.4. The molecule has 0 radical (unpaired) electrons. The predicted octanol–water partition coefficient (Wildman–Crippen LogP) is 2.08. The Labute approximate surface area is 129 Å². The van der Waals surface area contributed by atoms with Crippen LogP contribution in [0.3, 0.4) is 0 Å². The van der Waals surface area contributed by atoms with E-state index in [1.165, 1.54) is 24.3 Å². The molecule has 120 valence electrons. The molecule has 0 aliphatic rings. The van der Waals surface area contributed by atoms with E-state index >= 15 is 0 Å². The molecule has 4 N–H and O–H groups in total. The van der Waals surface area contributed by atoms with Crippen molar-refractivity contribution < 1.29 is 19.3 Å². The van der Waals surface area contributed by atoms with Crippen LogP contribution in [0.2, 0.25) is 0 Å². The molecule has 0 unspecified atom stereocenters. The van der Waals surface area contributed by atoms with Crippen LogP contribution in [0.15, 0.2) is 36.4 Å². The third-order valence-electron chi connectivity index (χ3n) is 2.85. The summed E-state index contributed by atoms with van der Waals surface area (Å²) in [6, 6.07) is 7.87. The van der Waals surface area contributed by atoms with Gasteiger partial charge in [-0.2, -0.15) is 0 Å². The molecule has 0 heterocycles. The van der Waals surface area contributed by atoms with Gasteiger partial charge < -0.3 is 20.9 Å². The summed E-state index contributed by atoms with van der Waals surface area (Å²) in [5, 5.41) is 21.5. The number of nitrogens with zero attached hydrogens (tertiary/aromatic N) is 2. The highest BCUT2D eigenvalue weighted by atomic mass is 16.7. The minimum atomic E-state index is -0.633. The van der Waals surface area contributed by atoms with Crippen LogP contribution in [-0.2, 0) is 0 Å². The molecule has 2 aromatic rings. The van der Waals surface area contributed by atoms with E-state index in [9.17, 15) is 20.2 Å². The minimum absolute atomic E-state index is 0.0115. The first kappa shape index (κ1) is 15.8. The van der Waals surface area contributed by atoms with Crippen molar-refractivity contribution >= 4 is 22.7 Å². The highest BCUT2D eigenvalue weighted by Crippen LogP contribution is 2.28. The van der Waals surface area contributed by atoms with Gasteiger partial charge in [0.05, 0.1) is 22.0 Å². The number of nitrogen functional groups attached to an aromatic ring is 2. The third kappa shape index (κ3) is 3.75. The van der Waals surface area contributed by atoms with Crippen molar-refractivity contribution in [2.24, 2.45) is 0 Å². The van der Waals surface area contributed by atoms with Gasteiger partial charge in [0.1, 0.15) is 22.9 Å². The van der Waals surface area contributed by atoms with Crippen LogP contribution >= 0.6 is 0 Å². The minimum Gasteiger partial charge on any atom is -0.457 e. The zero-order valence-corrected chi connectivity index (χ0v) is 11.7. The Morgan fingerprint density at radius 1 is 0.826 bits per heavy atom. The number of rotatable bonds is 6. The van der Waals surface area contributed by atoms with Crippen LogP contribution in [0, 0.1) is 20.2 Å². The van der Waals surface area contributed by atoms with Gasteiger partial charge in [0, 0.05) is 0 Å².